The predicted molar refractivity (Wildman–Crippen MR) is 70.7 cm³/mol. The normalized spacial score (nSPS) is 10.5. The lowest BCUT2D eigenvalue weighted by Crippen LogP contribution is -1.88. The molecule has 3 rings (SSSR count). The lowest BCUT2D eigenvalue weighted by Gasteiger charge is -1.93. The summed E-state index contributed by atoms with van der Waals surface area (Å²) in [5, 5.41) is 24.9. The molecule has 2 aromatic heterocycles. The lowest BCUT2D eigenvalue weighted by atomic mass is 10.2. The van der Waals surface area contributed by atoms with Crippen molar-refractivity contribution in [3.05, 3.63) is 56.6 Å². The third-order valence-electron chi connectivity index (χ3n) is 2.72. The van der Waals surface area contributed by atoms with E-state index in [0.29, 0.717) is 5.56 Å². The molecule has 0 aliphatic carbocycles. The minimum atomic E-state index is -0.689. The van der Waals surface area contributed by atoms with E-state index in [1.807, 2.05) is 0 Å². The topological polar surface area (TPSA) is 138 Å². The number of rotatable bonds is 4. The van der Waals surface area contributed by atoms with Crippen LogP contribution in [0, 0.1) is 20.2 Å². The average Bonchev–Trinajstić information content (AvgIpc) is 3.16. The Balaban J connectivity index is 1.94. The van der Waals surface area contributed by atoms with Crippen LogP contribution >= 0.6 is 0 Å². The Kier molecular flexibility index (Phi) is 3.10. The summed E-state index contributed by atoms with van der Waals surface area (Å²) >= 11 is 0. The number of furan rings is 1. The molecule has 0 saturated carbocycles. The van der Waals surface area contributed by atoms with Crippen LogP contribution in [0.4, 0.5) is 11.6 Å². The van der Waals surface area contributed by atoms with Crippen molar-refractivity contribution < 1.29 is 18.8 Å². The third-order valence-corrected chi connectivity index (χ3v) is 2.72. The van der Waals surface area contributed by atoms with Crippen LogP contribution in [0.3, 0.4) is 0 Å². The van der Waals surface area contributed by atoms with Crippen molar-refractivity contribution in [2.24, 2.45) is 0 Å². The Morgan fingerprint density at radius 3 is 2.55 bits per heavy atom. The predicted octanol–water partition coefficient (Wildman–Crippen LogP) is 2.81. The minimum Gasteiger partial charge on any atom is -0.397 e. The van der Waals surface area contributed by atoms with Gasteiger partial charge in [0.2, 0.25) is 5.82 Å². The van der Waals surface area contributed by atoms with Crippen LogP contribution in [-0.2, 0) is 0 Å². The molecule has 3 aromatic rings. The van der Waals surface area contributed by atoms with Gasteiger partial charge in [0.15, 0.2) is 5.76 Å². The molecule has 0 spiro atoms. The van der Waals surface area contributed by atoms with Gasteiger partial charge in [-0.25, -0.2) is 0 Å². The fourth-order valence-electron chi connectivity index (χ4n) is 1.74. The summed E-state index contributed by atoms with van der Waals surface area (Å²) < 4.78 is 9.95. The number of hydrogen-bond donors (Lipinski definition) is 0. The first-order valence-corrected chi connectivity index (χ1v) is 5.88. The zero-order chi connectivity index (χ0) is 15.7. The van der Waals surface area contributed by atoms with Crippen molar-refractivity contribution >= 4 is 11.6 Å². The molecule has 0 unspecified atom stereocenters. The monoisotopic (exact) mass is 302 g/mol. The van der Waals surface area contributed by atoms with Gasteiger partial charge in [-0.2, -0.15) is 4.98 Å². The Hall–Kier alpha value is -3.56. The molecule has 0 atom stereocenters. The first-order valence-electron chi connectivity index (χ1n) is 5.88. The zero-order valence-electron chi connectivity index (χ0n) is 10.7. The maximum absolute atomic E-state index is 10.7. The third kappa shape index (κ3) is 2.40. The Bertz CT molecular complexity index is 868. The maximum atomic E-state index is 10.7. The van der Waals surface area contributed by atoms with E-state index in [1.54, 1.807) is 6.07 Å². The van der Waals surface area contributed by atoms with Gasteiger partial charge in [-0.1, -0.05) is 11.2 Å². The van der Waals surface area contributed by atoms with Gasteiger partial charge in [-0.3, -0.25) is 20.2 Å². The average molecular weight is 302 g/mol. The highest BCUT2D eigenvalue weighted by Crippen LogP contribution is 2.27. The second-order valence-electron chi connectivity index (χ2n) is 4.13. The minimum absolute atomic E-state index is 0.00889. The Morgan fingerprint density at radius 2 is 1.86 bits per heavy atom. The van der Waals surface area contributed by atoms with Crippen molar-refractivity contribution in [3.8, 4) is 23.0 Å². The van der Waals surface area contributed by atoms with Crippen LogP contribution in [-0.4, -0.2) is 20.0 Å². The molecule has 0 amide bonds. The summed E-state index contributed by atoms with van der Waals surface area (Å²) in [6.07, 6.45) is 0. The van der Waals surface area contributed by atoms with E-state index >= 15 is 0 Å². The number of nitrogens with zero attached hydrogens (tertiary/aromatic N) is 4. The highest BCUT2D eigenvalue weighted by molar-refractivity contribution is 5.60. The highest BCUT2D eigenvalue weighted by atomic mass is 16.6. The maximum Gasteiger partial charge on any atom is 0.433 e. The van der Waals surface area contributed by atoms with E-state index < -0.39 is 15.7 Å². The van der Waals surface area contributed by atoms with Gasteiger partial charge >= 0.3 is 5.88 Å². The molecule has 1 aromatic carbocycles. The van der Waals surface area contributed by atoms with Crippen molar-refractivity contribution in [1.82, 2.24) is 10.1 Å². The van der Waals surface area contributed by atoms with Crippen LogP contribution in [0.25, 0.3) is 23.0 Å². The van der Waals surface area contributed by atoms with Crippen LogP contribution < -0.4 is 0 Å². The summed E-state index contributed by atoms with van der Waals surface area (Å²) in [5.41, 5.74) is 0.236. The molecule has 0 radical (unpaired) electrons. The summed E-state index contributed by atoms with van der Waals surface area (Å²) in [6, 6.07) is 8.15. The van der Waals surface area contributed by atoms with E-state index in [1.165, 1.54) is 30.3 Å². The van der Waals surface area contributed by atoms with E-state index in [9.17, 15) is 20.2 Å². The molecule has 110 valence electrons. The number of nitro benzene ring substituents is 1. The van der Waals surface area contributed by atoms with Crippen LogP contribution in [0.1, 0.15) is 0 Å². The second-order valence-corrected chi connectivity index (χ2v) is 4.13. The number of non-ortho nitro benzene ring substituents is 1. The second kappa shape index (κ2) is 5.09. The van der Waals surface area contributed by atoms with Gasteiger partial charge in [-0.05, 0) is 12.1 Å². The van der Waals surface area contributed by atoms with Gasteiger partial charge in [-0.15, -0.1) is 0 Å². The van der Waals surface area contributed by atoms with E-state index in [0.717, 1.165) is 0 Å². The summed E-state index contributed by atoms with van der Waals surface area (Å²) in [7, 11) is 0. The molecule has 10 heteroatoms. The molecule has 0 saturated heterocycles. The zero-order valence-corrected chi connectivity index (χ0v) is 10.7. The quantitative estimate of drug-likeness (QED) is 0.529. The summed E-state index contributed by atoms with van der Waals surface area (Å²) in [4.78, 5) is 24.1. The van der Waals surface area contributed by atoms with E-state index in [4.69, 9.17) is 8.94 Å². The molecular weight excluding hydrogens is 296 g/mol. The summed E-state index contributed by atoms with van der Waals surface area (Å²) in [5.74, 6) is -0.337. The van der Waals surface area contributed by atoms with Crippen LogP contribution in [0.5, 0.6) is 0 Å². The molecule has 0 aliphatic heterocycles. The number of benzene rings is 1. The first kappa shape index (κ1) is 13.4. The van der Waals surface area contributed by atoms with Gasteiger partial charge < -0.3 is 8.94 Å². The molecule has 0 aliphatic rings. The van der Waals surface area contributed by atoms with Crippen molar-refractivity contribution in [3.63, 3.8) is 0 Å². The van der Waals surface area contributed by atoms with Gasteiger partial charge in [0.1, 0.15) is 4.92 Å². The fourth-order valence-corrected chi connectivity index (χ4v) is 1.74. The molecular formula is C12H6N4O6. The molecule has 22 heavy (non-hydrogen) atoms. The molecule has 2 heterocycles. The van der Waals surface area contributed by atoms with Gasteiger partial charge in [0.05, 0.1) is 11.0 Å². The largest absolute Gasteiger partial charge is 0.433 e. The number of nitro groups is 2. The van der Waals surface area contributed by atoms with Crippen molar-refractivity contribution in [1.29, 1.82) is 0 Å². The van der Waals surface area contributed by atoms with Crippen LogP contribution in [0.15, 0.2) is 45.3 Å². The molecule has 10 nitrogen and oxygen atoms in total. The lowest BCUT2D eigenvalue weighted by molar-refractivity contribution is -0.401. The molecule has 0 N–H and O–H groups in total. The van der Waals surface area contributed by atoms with Crippen molar-refractivity contribution in [2.75, 3.05) is 0 Å². The summed E-state index contributed by atoms with van der Waals surface area (Å²) in [6.45, 7) is 0. The van der Waals surface area contributed by atoms with Gasteiger partial charge in [0.25, 0.3) is 11.6 Å². The molecule has 0 fully saturated rings. The molecule has 0 bridgehead atoms. The standard InChI is InChI=1S/C12H6N4O6/c17-15(18)8-3-1-2-7(6-8)12-13-11(14-22-12)9-4-5-10(21-9)16(19)20/h1-6H. The van der Waals surface area contributed by atoms with Crippen molar-refractivity contribution in [2.45, 2.75) is 0 Å². The Labute approximate surface area is 121 Å². The van der Waals surface area contributed by atoms with Gasteiger partial charge in [0, 0.05) is 17.7 Å². The number of hydrogen-bond acceptors (Lipinski definition) is 8. The SMILES string of the molecule is O=[N+]([O-])c1cccc(-c2nc(-c3ccc([N+](=O)[O-])o3)no2)c1. The Morgan fingerprint density at radius 1 is 1.05 bits per heavy atom. The highest BCUT2D eigenvalue weighted by Gasteiger charge is 2.19. The smallest absolute Gasteiger partial charge is 0.397 e. The number of aromatic nitrogens is 2. The van der Waals surface area contributed by atoms with Crippen LogP contribution in [0.2, 0.25) is 0 Å². The van der Waals surface area contributed by atoms with E-state index in [2.05, 4.69) is 10.1 Å². The fraction of sp³-hybridized carbons (Fsp3) is 0. The first-order chi connectivity index (χ1) is 10.5. The van der Waals surface area contributed by atoms with E-state index in [-0.39, 0.29) is 23.2 Å².